The summed E-state index contributed by atoms with van der Waals surface area (Å²) >= 11 is 0. The number of fused-ring (bicyclic) bond motifs is 2. The van der Waals surface area contributed by atoms with E-state index in [1.54, 1.807) is 0 Å². The van der Waals surface area contributed by atoms with Gasteiger partial charge >= 0.3 is 0 Å². The maximum absolute atomic E-state index is 5.78. The van der Waals surface area contributed by atoms with Gasteiger partial charge in [0.15, 0.2) is 0 Å². The van der Waals surface area contributed by atoms with Crippen molar-refractivity contribution >= 4 is 11.0 Å². The number of hydrogen-bond acceptors (Lipinski definition) is 4. The molecule has 2 aliphatic heterocycles. The van der Waals surface area contributed by atoms with Crippen LogP contribution in [0.5, 0.6) is 0 Å². The number of ether oxygens (including phenoxy) is 1. The summed E-state index contributed by atoms with van der Waals surface area (Å²) in [5, 5.41) is 0. The lowest BCUT2D eigenvalue weighted by Crippen LogP contribution is -2.60. The largest absolute Gasteiger partial charge is 0.378 e. The van der Waals surface area contributed by atoms with Crippen molar-refractivity contribution in [2.45, 2.75) is 45.9 Å². The smallest absolute Gasteiger partial charge is 0.124 e. The Morgan fingerprint density at radius 1 is 1.20 bits per heavy atom. The molecule has 0 aliphatic carbocycles. The van der Waals surface area contributed by atoms with Crippen LogP contribution in [0, 0.1) is 5.92 Å². The van der Waals surface area contributed by atoms with Crippen molar-refractivity contribution < 1.29 is 4.74 Å². The maximum atomic E-state index is 5.78. The van der Waals surface area contributed by atoms with Crippen LogP contribution in [0.25, 0.3) is 11.0 Å². The first-order chi connectivity index (χ1) is 12.1. The van der Waals surface area contributed by atoms with Gasteiger partial charge in [-0.15, -0.1) is 0 Å². The van der Waals surface area contributed by atoms with Gasteiger partial charge in [-0.2, -0.15) is 0 Å². The Kier molecular flexibility index (Phi) is 4.80. The quantitative estimate of drug-likeness (QED) is 0.855. The van der Waals surface area contributed by atoms with Gasteiger partial charge in [0.25, 0.3) is 0 Å². The molecule has 1 aromatic heterocycles. The number of piperazine rings is 1. The Balaban J connectivity index is 1.54. The van der Waals surface area contributed by atoms with E-state index in [2.05, 4.69) is 59.4 Å². The Hall–Kier alpha value is -1.43. The second kappa shape index (κ2) is 7.06. The lowest BCUT2D eigenvalue weighted by atomic mass is 10.1. The molecule has 5 heteroatoms. The third-order valence-electron chi connectivity index (χ3n) is 5.49. The summed E-state index contributed by atoms with van der Waals surface area (Å²) in [4.78, 5) is 10.1. The molecule has 0 N–H and O–H groups in total. The second-order valence-corrected chi connectivity index (χ2v) is 8.03. The number of hydrogen-bond donors (Lipinski definition) is 0. The van der Waals surface area contributed by atoms with Gasteiger partial charge in [0, 0.05) is 38.3 Å². The molecular weight excluding hydrogens is 312 g/mol. The van der Waals surface area contributed by atoms with E-state index in [1.165, 1.54) is 11.3 Å². The molecule has 25 heavy (non-hydrogen) atoms. The van der Waals surface area contributed by atoms with E-state index in [0.29, 0.717) is 18.0 Å². The van der Waals surface area contributed by atoms with E-state index in [0.717, 1.165) is 51.5 Å². The fraction of sp³-hybridized carbons (Fsp3) is 0.650. The molecule has 3 heterocycles. The summed E-state index contributed by atoms with van der Waals surface area (Å²) in [6.07, 6.45) is 0. The molecule has 4 rings (SSSR count). The van der Waals surface area contributed by atoms with Crippen LogP contribution in [0.2, 0.25) is 0 Å². The topological polar surface area (TPSA) is 33.5 Å². The molecule has 2 aliphatic rings. The molecule has 0 spiro atoms. The third kappa shape index (κ3) is 3.46. The molecule has 2 saturated heterocycles. The second-order valence-electron chi connectivity index (χ2n) is 8.03. The molecule has 0 saturated carbocycles. The molecule has 0 amide bonds. The van der Waals surface area contributed by atoms with E-state index in [9.17, 15) is 0 Å². The number of morpholine rings is 1. The predicted molar refractivity (Wildman–Crippen MR) is 101 cm³/mol. The minimum absolute atomic E-state index is 0.528. The summed E-state index contributed by atoms with van der Waals surface area (Å²) in [6.45, 7) is 13.9. The van der Waals surface area contributed by atoms with Crippen molar-refractivity contribution in [1.82, 2.24) is 19.4 Å². The summed E-state index contributed by atoms with van der Waals surface area (Å²) < 4.78 is 8.21. The highest BCUT2D eigenvalue weighted by Crippen LogP contribution is 2.22. The van der Waals surface area contributed by atoms with Gasteiger partial charge in [0.2, 0.25) is 0 Å². The fourth-order valence-corrected chi connectivity index (χ4v) is 4.29. The Morgan fingerprint density at radius 2 is 2.04 bits per heavy atom. The standard InChI is InChI=1S/C20H30N4O/c1-15(2)10-24-19-7-5-4-6-18(19)21-20(24)12-22-8-9-23-16(3)13-25-14-17(23)11-22/h4-7,15-17H,8-14H2,1-3H3/t16-,17+/m0/s1. The summed E-state index contributed by atoms with van der Waals surface area (Å²) in [7, 11) is 0. The molecular formula is C20H30N4O. The van der Waals surface area contributed by atoms with Crippen molar-refractivity contribution in [2.75, 3.05) is 32.8 Å². The average Bonchev–Trinajstić information content (AvgIpc) is 2.92. The summed E-state index contributed by atoms with van der Waals surface area (Å²) in [5.41, 5.74) is 2.38. The zero-order valence-corrected chi connectivity index (χ0v) is 15.7. The van der Waals surface area contributed by atoms with Crippen LogP contribution in [0.3, 0.4) is 0 Å². The highest BCUT2D eigenvalue weighted by atomic mass is 16.5. The van der Waals surface area contributed by atoms with Crippen LogP contribution in [0.4, 0.5) is 0 Å². The molecule has 2 atom stereocenters. The van der Waals surface area contributed by atoms with Crippen LogP contribution in [0.15, 0.2) is 24.3 Å². The molecule has 136 valence electrons. The lowest BCUT2D eigenvalue weighted by Gasteiger charge is -2.47. The first-order valence-electron chi connectivity index (χ1n) is 9.62. The van der Waals surface area contributed by atoms with Crippen molar-refractivity contribution in [3.63, 3.8) is 0 Å². The zero-order valence-electron chi connectivity index (χ0n) is 15.7. The highest BCUT2D eigenvalue weighted by molar-refractivity contribution is 5.75. The average molecular weight is 342 g/mol. The zero-order chi connectivity index (χ0) is 17.4. The number of aromatic nitrogens is 2. The molecule has 0 radical (unpaired) electrons. The molecule has 0 unspecified atom stereocenters. The van der Waals surface area contributed by atoms with Gasteiger partial charge in [-0.25, -0.2) is 4.98 Å². The van der Waals surface area contributed by atoms with E-state index < -0.39 is 0 Å². The van der Waals surface area contributed by atoms with E-state index in [-0.39, 0.29) is 0 Å². The van der Waals surface area contributed by atoms with Crippen LogP contribution >= 0.6 is 0 Å². The van der Waals surface area contributed by atoms with Crippen LogP contribution in [-0.4, -0.2) is 64.3 Å². The van der Waals surface area contributed by atoms with Crippen molar-refractivity contribution in [2.24, 2.45) is 5.92 Å². The highest BCUT2D eigenvalue weighted by Gasteiger charge is 2.33. The number of rotatable bonds is 4. The first-order valence-corrected chi connectivity index (χ1v) is 9.62. The Morgan fingerprint density at radius 3 is 2.88 bits per heavy atom. The normalized spacial score (nSPS) is 25.6. The Bertz CT molecular complexity index is 726. The molecule has 2 aromatic rings. The summed E-state index contributed by atoms with van der Waals surface area (Å²) in [6, 6.07) is 9.60. The van der Waals surface area contributed by atoms with Crippen molar-refractivity contribution in [3.05, 3.63) is 30.1 Å². The minimum atomic E-state index is 0.528. The van der Waals surface area contributed by atoms with Gasteiger partial charge in [0.05, 0.1) is 30.8 Å². The van der Waals surface area contributed by atoms with Gasteiger partial charge in [-0.1, -0.05) is 26.0 Å². The van der Waals surface area contributed by atoms with Gasteiger partial charge in [-0.3, -0.25) is 9.80 Å². The number of imidazole rings is 1. The lowest BCUT2D eigenvalue weighted by molar-refractivity contribution is -0.0770. The van der Waals surface area contributed by atoms with Crippen molar-refractivity contribution in [1.29, 1.82) is 0 Å². The van der Waals surface area contributed by atoms with Crippen LogP contribution in [0.1, 0.15) is 26.6 Å². The third-order valence-corrected chi connectivity index (χ3v) is 5.49. The summed E-state index contributed by atoms with van der Waals surface area (Å²) in [5.74, 6) is 1.81. The fourth-order valence-electron chi connectivity index (χ4n) is 4.29. The van der Waals surface area contributed by atoms with Crippen LogP contribution < -0.4 is 0 Å². The predicted octanol–water partition coefficient (Wildman–Crippen LogP) is 2.60. The molecule has 0 bridgehead atoms. The van der Waals surface area contributed by atoms with E-state index in [4.69, 9.17) is 9.72 Å². The maximum Gasteiger partial charge on any atom is 0.124 e. The van der Waals surface area contributed by atoms with E-state index in [1.807, 2.05) is 0 Å². The van der Waals surface area contributed by atoms with Crippen LogP contribution in [-0.2, 0) is 17.8 Å². The first kappa shape index (κ1) is 17.0. The van der Waals surface area contributed by atoms with Gasteiger partial charge in [0.1, 0.15) is 5.82 Å². The van der Waals surface area contributed by atoms with E-state index >= 15 is 0 Å². The monoisotopic (exact) mass is 342 g/mol. The Labute approximate surface area is 150 Å². The SMILES string of the molecule is CC(C)Cn1c(CN2CCN3[C@@H](COC[C@@H]3C)C2)nc2ccccc21. The number of para-hydroxylation sites is 2. The number of nitrogens with zero attached hydrogens (tertiary/aromatic N) is 4. The number of benzene rings is 1. The van der Waals surface area contributed by atoms with Crippen molar-refractivity contribution in [3.8, 4) is 0 Å². The van der Waals surface area contributed by atoms with Gasteiger partial charge < -0.3 is 9.30 Å². The minimum Gasteiger partial charge on any atom is -0.378 e. The molecule has 5 nitrogen and oxygen atoms in total. The van der Waals surface area contributed by atoms with Gasteiger partial charge in [-0.05, 0) is 25.0 Å². The molecule has 1 aromatic carbocycles. The molecule has 2 fully saturated rings.